The number of aliphatic imine (C=N–C) groups is 1. The Hall–Kier alpha value is -3.81. The van der Waals surface area contributed by atoms with E-state index in [0.717, 1.165) is 31.5 Å². The standard InChI is InChI=1S/C28H29N3O4/c32-19-24(28(34)35)30-26(21-11-5-2-6-12-21)22-13-7-14-23(17-22)29-27(33)25-15-8-16-31(25)18-20-9-3-1-4-10-20/h1-7,9-14,17,24-25,32H,8,15-16,18-19H2,(H,29,33)(H,34,35)/t24-,25+/m1/s1. The molecule has 1 saturated heterocycles. The van der Waals surface area contributed by atoms with Crippen molar-refractivity contribution in [2.45, 2.75) is 31.5 Å². The van der Waals surface area contributed by atoms with Gasteiger partial charge in [0.15, 0.2) is 6.04 Å². The predicted molar refractivity (Wildman–Crippen MR) is 136 cm³/mol. The first-order valence-electron chi connectivity index (χ1n) is 11.7. The van der Waals surface area contributed by atoms with Gasteiger partial charge >= 0.3 is 5.97 Å². The molecule has 0 saturated carbocycles. The number of aliphatic carboxylic acids is 1. The Balaban J connectivity index is 1.55. The first-order chi connectivity index (χ1) is 17.0. The number of nitrogens with one attached hydrogen (secondary N) is 1. The van der Waals surface area contributed by atoms with Crippen LogP contribution in [0.1, 0.15) is 29.5 Å². The van der Waals surface area contributed by atoms with Gasteiger partial charge in [-0.3, -0.25) is 14.7 Å². The van der Waals surface area contributed by atoms with Crippen molar-refractivity contribution in [2.24, 2.45) is 4.99 Å². The zero-order valence-electron chi connectivity index (χ0n) is 19.4. The molecule has 1 fully saturated rings. The quantitative estimate of drug-likeness (QED) is 0.414. The number of likely N-dealkylation sites (tertiary alicyclic amines) is 1. The van der Waals surface area contributed by atoms with Crippen molar-refractivity contribution < 1.29 is 19.8 Å². The van der Waals surface area contributed by atoms with Crippen molar-refractivity contribution in [3.05, 3.63) is 102 Å². The van der Waals surface area contributed by atoms with E-state index in [1.54, 1.807) is 18.2 Å². The summed E-state index contributed by atoms with van der Waals surface area (Å²) in [6, 6.07) is 25.0. The van der Waals surface area contributed by atoms with Gasteiger partial charge in [0.2, 0.25) is 5.91 Å². The fourth-order valence-electron chi connectivity index (χ4n) is 4.34. The minimum atomic E-state index is -1.28. The number of hydrogen-bond acceptors (Lipinski definition) is 5. The van der Waals surface area contributed by atoms with Crippen LogP contribution in [0.3, 0.4) is 0 Å². The van der Waals surface area contributed by atoms with Gasteiger partial charge in [0, 0.05) is 23.4 Å². The van der Waals surface area contributed by atoms with Crippen LogP contribution in [0.15, 0.2) is 89.9 Å². The average molecular weight is 472 g/mol. The SMILES string of the molecule is O=C(O)[C@@H](CO)N=C(c1ccccc1)c1cccc(NC(=O)[C@@H]2CCCN2Cc2ccccc2)c1. The number of carbonyl (C=O) groups is 2. The molecule has 3 aromatic rings. The molecule has 3 aromatic carbocycles. The van der Waals surface area contributed by atoms with Gasteiger partial charge in [0.05, 0.1) is 18.4 Å². The Bertz CT molecular complexity index is 1180. The number of nitrogens with zero attached hydrogens (tertiary/aromatic N) is 2. The van der Waals surface area contributed by atoms with E-state index >= 15 is 0 Å². The molecular weight excluding hydrogens is 442 g/mol. The third-order valence-electron chi connectivity index (χ3n) is 6.09. The van der Waals surface area contributed by atoms with Crippen molar-refractivity contribution in [1.82, 2.24) is 4.90 Å². The summed E-state index contributed by atoms with van der Waals surface area (Å²) in [6.07, 6.45) is 1.76. The summed E-state index contributed by atoms with van der Waals surface area (Å²) in [7, 11) is 0. The maximum absolute atomic E-state index is 13.2. The van der Waals surface area contributed by atoms with E-state index < -0.39 is 18.6 Å². The fourth-order valence-corrected chi connectivity index (χ4v) is 4.34. The van der Waals surface area contributed by atoms with Crippen molar-refractivity contribution in [1.29, 1.82) is 0 Å². The minimum Gasteiger partial charge on any atom is -0.480 e. The molecule has 0 bridgehead atoms. The molecule has 4 rings (SSSR count). The van der Waals surface area contributed by atoms with Crippen molar-refractivity contribution in [2.75, 3.05) is 18.5 Å². The number of aliphatic hydroxyl groups excluding tert-OH is 1. The Labute approximate surface area is 204 Å². The Kier molecular flexibility index (Phi) is 8.03. The molecule has 2 atom stereocenters. The molecule has 7 heteroatoms. The molecule has 180 valence electrons. The first kappa shape index (κ1) is 24.3. The number of hydrogen-bond donors (Lipinski definition) is 3. The third-order valence-corrected chi connectivity index (χ3v) is 6.09. The van der Waals surface area contributed by atoms with E-state index in [0.29, 0.717) is 17.0 Å². The summed E-state index contributed by atoms with van der Waals surface area (Å²) in [5, 5.41) is 22.0. The molecule has 0 spiro atoms. The average Bonchev–Trinajstić information content (AvgIpc) is 3.34. The van der Waals surface area contributed by atoms with Gasteiger partial charge < -0.3 is 15.5 Å². The zero-order valence-corrected chi connectivity index (χ0v) is 19.4. The highest BCUT2D eigenvalue weighted by atomic mass is 16.4. The molecular formula is C28H29N3O4. The van der Waals surface area contributed by atoms with Gasteiger partial charge in [0.25, 0.3) is 0 Å². The van der Waals surface area contributed by atoms with E-state index in [-0.39, 0.29) is 11.9 Å². The number of aliphatic hydroxyl groups is 1. The number of carboxylic acids is 1. The maximum Gasteiger partial charge on any atom is 0.330 e. The first-order valence-corrected chi connectivity index (χ1v) is 11.7. The molecule has 0 aromatic heterocycles. The number of benzene rings is 3. The highest BCUT2D eigenvalue weighted by Gasteiger charge is 2.30. The van der Waals surface area contributed by atoms with Crippen LogP contribution < -0.4 is 5.32 Å². The second-order valence-corrected chi connectivity index (χ2v) is 8.56. The molecule has 7 nitrogen and oxygen atoms in total. The van der Waals surface area contributed by atoms with Gasteiger partial charge in [-0.1, -0.05) is 72.8 Å². The summed E-state index contributed by atoms with van der Waals surface area (Å²) in [5.74, 6) is -1.27. The lowest BCUT2D eigenvalue weighted by molar-refractivity contribution is -0.139. The van der Waals surface area contributed by atoms with Gasteiger partial charge in [0.1, 0.15) is 0 Å². The molecule has 3 N–H and O–H groups in total. The number of rotatable bonds is 9. The zero-order chi connectivity index (χ0) is 24.6. The lowest BCUT2D eigenvalue weighted by atomic mass is 10.0. The van der Waals surface area contributed by atoms with Gasteiger partial charge in [-0.2, -0.15) is 0 Å². The van der Waals surface area contributed by atoms with Crippen LogP contribution in [0.25, 0.3) is 0 Å². The van der Waals surface area contributed by atoms with Crippen LogP contribution in [0.4, 0.5) is 5.69 Å². The smallest absolute Gasteiger partial charge is 0.330 e. The van der Waals surface area contributed by atoms with Crippen molar-refractivity contribution >= 4 is 23.3 Å². The summed E-state index contributed by atoms with van der Waals surface area (Å²) in [6.45, 7) is 0.984. The van der Waals surface area contributed by atoms with Crippen LogP contribution >= 0.6 is 0 Å². The van der Waals surface area contributed by atoms with E-state index in [4.69, 9.17) is 0 Å². The maximum atomic E-state index is 13.2. The second kappa shape index (κ2) is 11.6. The largest absolute Gasteiger partial charge is 0.480 e. The Morgan fingerprint density at radius 3 is 2.34 bits per heavy atom. The second-order valence-electron chi connectivity index (χ2n) is 8.56. The molecule has 1 aliphatic heterocycles. The molecule has 0 unspecified atom stereocenters. The van der Waals surface area contributed by atoms with Gasteiger partial charge in [-0.05, 0) is 37.1 Å². The number of amides is 1. The van der Waals surface area contributed by atoms with E-state index in [1.165, 1.54) is 5.56 Å². The van der Waals surface area contributed by atoms with Gasteiger partial charge in [-0.25, -0.2) is 4.79 Å². The predicted octanol–water partition coefficient (Wildman–Crippen LogP) is 3.57. The van der Waals surface area contributed by atoms with E-state index in [2.05, 4.69) is 27.3 Å². The topological polar surface area (TPSA) is 102 Å². The Morgan fingerprint density at radius 1 is 0.971 bits per heavy atom. The van der Waals surface area contributed by atoms with Crippen LogP contribution in [-0.4, -0.2) is 57.9 Å². The third kappa shape index (κ3) is 6.20. The number of carboxylic acid groups (broad SMARTS) is 1. The number of carbonyl (C=O) groups excluding carboxylic acids is 1. The summed E-state index contributed by atoms with van der Waals surface area (Å²) >= 11 is 0. The highest BCUT2D eigenvalue weighted by molar-refractivity contribution is 6.14. The summed E-state index contributed by atoms with van der Waals surface area (Å²) < 4.78 is 0. The van der Waals surface area contributed by atoms with Crippen LogP contribution in [0.2, 0.25) is 0 Å². The lowest BCUT2D eigenvalue weighted by Crippen LogP contribution is -2.39. The molecule has 35 heavy (non-hydrogen) atoms. The lowest BCUT2D eigenvalue weighted by Gasteiger charge is -2.24. The number of anilines is 1. The van der Waals surface area contributed by atoms with Crippen LogP contribution in [0, 0.1) is 0 Å². The molecule has 1 amide bonds. The minimum absolute atomic E-state index is 0.0625. The molecule has 0 aliphatic carbocycles. The summed E-state index contributed by atoms with van der Waals surface area (Å²) in [4.78, 5) is 31.2. The van der Waals surface area contributed by atoms with E-state index in [9.17, 15) is 19.8 Å². The van der Waals surface area contributed by atoms with Crippen molar-refractivity contribution in [3.63, 3.8) is 0 Å². The fraction of sp³-hybridized carbons (Fsp3) is 0.250. The highest BCUT2D eigenvalue weighted by Crippen LogP contribution is 2.23. The van der Waals surface area contributed by atoms with Gasteiger partial charge in [-0.15, -0.1) is 0 Å². The normalized spacial score (nSPS) is 17.2. The van der Waals surface area contributed by atoms with Crippen molar-refractivity contribution in [3.8, 4) is 0 Å². The van der Waals surface area contributed by atoms with E-state index in [1.807, 2.05) is 54.6 Å². The molecule has 1 aliphatic rings. The van der Waals surface area contributed by atoms with Crippen LogP contribution in [0.5, 0.6) is 0 Å². The van der Waals surface area contributed by atoms with Crippen LogP contribution in [-0.2, 0) is 16.1 Å². The molecule has 1 heterocycles. The molecule has 0 radical (unpaired) electrons. The summed E-state index contributed by atoms with van der Waals surface area (Å²) in [5.41, 5.74) is 3.60. The monoisotopic (exact) mass is 471 g/mol. The Morgan fingerprint density at radius 2 is 1.66 bits per heavy atom.